The minimum absolute atomic E-state index is 0.00693. The van der Waals surface area contributed by atoms with E-state index in [1.54, 1.807) is 0 Å². The molecule has 0 rings (SSSR count). The predicted molar refractivity (Wildman–Crippen MR) is 116 cm³/mol. The summed E-state index contributed by atoms with van der Waals surface area (Å²) in [6.07, 6.45) is 16.2. The van der Waals surface area contributed by atoms with Crippen LogP contribution in [0.5, 0.6) is 0 Å². The zero-order chi connectivity index (χ0) is 21.0. The quantitative estimate of drug-likeness (QED) is 0.106. The molecule has 0 unspecified atom stereocenters. The van der Waals surface area contributed by atoms with Crippen LogP contribution in [0.1, 0.15) is 104 Å². The Kier molecular flexibility index (Phi) is 17.7. The molecule has 0 atom stereocenters. The van der Waals surface area contributed by atoms with Gasteiger partial charge in [-0.2, -0.15) is 0 Å². The Balaban J connectivity index is 3.76. The summed E-state index contributed by atoms with van der Waals surface area (Å²) in [4.78, 5) is 23.9. The smallest absolute Gasteiger partial charge is 0.338 e. The number of carbonyl (C=O) groups excluding carboxylic acids is 2. The molecule has 0 aliphatic heterocycles. The Morgan fingerprint density at radius 2 is 0.821 bits per heavy atom. The highest BCUT2D eigenvalue weighted by atomic mass is 16.5. The molecule has 4 heteroatoms. The van der Waals surface area contributed by atoms with Gasteiger partial charge in [-0.1, -0.05) is 104 Å². The van der Waals surface area contributed by atoms with Gasteiger partial charge >= 0.3 is 11.9 Å². The summed E-state index contributed by atoms with van der Waals surface area (Å²) in [5.74, 6) is -1.16. The van der Waals surface area contributed by atoms with E-state index in [-0.39, 0.29) is 11.1 Å². The molecule has 28 heavy (non-hydrogen) atoms. The monoisotopic (exact) mass is 394 g/mol. The minimum atomic E-state index is -0.581. The van der Waals surface area contributed by atoms with Crippen molar-refractivity contribution in [1.29, 1.82) is 0 Å². The van der Waals surface area contributed by atoms with Gasteiger partial charge < -0.3 is 9.47 Å². The van der Waals surface area contributed by atoms with Crippen molar-refractivity contribution in [3.05, 3.63) is 24.3 Å². The Hall–Kier alpha value is -1.58. The van der Waals surface area contributed by atoms with Gasteiger partial charge in [-0.05, 0) is 12.8 Å². The molecule has 0 amide bonds. The fourth-order valence-corrected chi connectivity index (χ4v) is 2.87. The molecular formula is C24H42O4. The zero-order valence-corrected chi connectivity index (χ0v) is 18.4. The van der Waals surface area contributed by atoms with Crippen LogP contribution >= 0.6 is 0 Å². The standard InChI is InChI=1S/C24H42O4/c1-5-7-9-11-13-14-16-18-20-28-24(26)22(4)21(3)23(25)27-19-17-15-12-10-8-6-2/h3-20H2,1-2H3. The van der Waals surface area contributed by atoms with Crippen LogP contribution in [0.25, 0.3) is 0 Å². The second-order valence-corrected chi connectivity index (χ2v) is 7.47. The van der Waals surface area contributed by atoms with Crippen LogP contribution in [-0.4, -0.2) is 25.2 Å². The van der Waals surface area contributed by atoms with E-state index >= 15 is 0 Å². The molecule has 0 N–H and O–H groups in total. The molecule has 0 fully saturated rings. The highest BCUT2D eigenvalue weighted by molar-refractivity contribution is 6.06. The molecule has 0 saturated carbocycles. The highest BCUT2D eigenvalue weighted by Crippen LogP contribution is 2.12. The van der Waals surface area contributed by atoms with Crippen molar-refractivity contribution in [2.75, 3.05) is 13.2 Å². The Bertz CT molecular complexity index is 454. The number of unbranched alkanes of at least 4 members (excludes halogenated alkanes) is 12. The summed E-state index contributed by atoms with van der Waals surface area (Å²) in [6, 6.07) is 0. The average Bonchev–Trinajstić information content (AvgIpc) is 2.70. The van der Waals surface area contributed by atoms with Crippen molar-refractivity contribution >= 4 is 11.9 Å². The first-order chi connectivity index (χ1) is 13.5. The van der Waals surface area contributed by atoms with Crippen LogP contribution < -0.4 is 0 Å². The lowest BCUT2D eigenvalue weighted by molar-refractivity contribution is -0.142. The molecular weight excluding hydrogens is 352 g/mol. The molecule has 0 bridgehead atoms. The summed E-state index contributed by atoms with van der Waals surface area (Å²) < 4.78 is 10.4. The van der Waals surface area contributed by atoms with E-state index in [0.717, 1.165) is 32.1 Å². The number of rotatable bonds is 19. The third kappa shape index (κ3) is 14.5. The van der Waals surface area contributed by atoms with Gasteiger partial charge in [-0.25, -0.2) is 9.59 Å². The van der Waals surface area contributed by atoms with Crippen molar-refractivity contribution in [1.82, 2.24) is 0 Å². The molecule has 162 valence electrons. The van der Waals surface area contributed by atoms with Crippen LogP contribution in [-0.2, 0) is 19.1 Å². The summed E-state index contributed by atoms with van der Waals surface area (Å²) in [7, 11) is 0. The Morgan fingerprint density at radius 1 is 0.536 bits per heavy atom. The van der Waals surface area contributed by atoms with Crippen LogP contribution in [0.3, 0.4) is 0 Å². The lowest BCUT2D eigenvalue weighted by Crippen LogP contribution is -2.16. The van der Waals surface area contributed by atoms with Crippen molar-refractivity contribution in [3.8, 4) is 0 Å². The summed E-state index contributed by atoms with van der Waals surface area (Å²) in [5, 5.41) is 0. The molecule has 0 aromatic rings. The normalized spacial score (nSPS) is 10.5. The lowest BCUT2D eigenvalue weighted by Gasteiger charge is -2.10. The third-order valence-electron chi connectivity index (χ3n) is 4.82. The van der Waals surface area contributed by atoms with Crippen LogP contribution in [0.4, 0.5) is 0 Å². The van der Waals surface area contributed by atoms with Gasteiger partial charge in [0, 0.05) is 0 Å². The second-order valence-electron chi connectivity index (χ2n) is 7.47. The maximum absolute atomic E-state index is 12.0. The molecule has 0 aromatic carbocycles. The van der Waals surface area contributed by atoms with Crippen molar-refractivity contribution < 1.29 is 19.1 Å². The van der Waals surface area contributed by atoms with E-state index in [4.69, 9.17) is 9.47 Å². The first-order valence-electron chi connectivity index (χ1n) is 11.3. The number of esters is 2. The molecule has 0 saturated heterocycles. The first-order valence-corrected chi connectivity index (χ1v) is 11.3. The minimum Gasteiger partial charge on any atom is -0.462 e. The number of hydrogen-bond donors (Lipinski definition) is 0. The Morgan fingerprint density at radius 3 is 1.14 bits per heavy atom. The summed E-state index contributed by atoms with van der Waals surface area (Å²) >= 11 is 0. The molecule has 0 aliphatic carbocycles. The zero-order valence-electron chi connectivity index (χ0n) is 18.4. The molecule has 0 radical (unpaired) electrons. The summed E-state index contributed by atoms with van der Waals surface area (Å²) in [6.45, 7) is 12.4. The highest BCUT2D eigenvalue weighted by Gasteiger charge is 2.19. The van der Waals surface area contributed by atoms with Gasteiger partial charge in [-0.3, -0.25) is 0 Å². The van der Waals surface area contributed by atoms with E-state index in [1.807, 2.05) is 0 Å². The lowest BCUT2D eigenvalue weighted by atomic mass is 10.1. The summed E-state index contributed by atoms with van der Waals surface area (Å²) in [5.41, 5.74) is -0.0144. The van der Waals surface area contributed by atoms with Crippen LogP contribution in [0.2, 0.25) is 0 Å². The van der Waals surface area contributed by atoms with Gasteiger partial charge in [0.1, 0.15) is 0 Å². The van der Waals surface area contributed by atoms with Crippen LogP contribution in [0.15, 0.2) is 24.3 Å². The Labute approximate surface area is 172 Å². The van der Waals surface area contributed by atoms with Gasteiger partial charge in [0.05, 0.1) is 24.4 Å². The van der Waals surface area contributed by atoms with E-state index in [1.165, 1.54) is 57.8 Å². The fraction of sp³-hybridized carbons (Fsp3) is 0.750. The molecule has 0 aromatic heterocycles. The predicted octanol–water partition coefficient (Wildman–Crippen LogP) is 6.69. The maximum atomic E-state index is 12.0. The van der Waals surface area contributed by atoms with E-state index < -0.39 is 11.9 Å². The third-order valence-corrected chi connectivity index (χ3v) is 4.82. The van der Waals surface area contributed by atoms with Gasteiger partial charge in [-0.15, -0.1) is 0 Å². The van der Waals surface area contributed by atoms with Crippen LogP contribution in [0, 0.1) is 0 Å². The van der Waals surface area contributed by atoms with E-state index in [2.05, 4.69) is 27.0 Å². The first kappa shape index (κ1) is 26.4. The number of hydrogen-bond acceptors (Lipinski definition) is 4. The van der Waals surface area contributed by atoms with Crippen molar-refractivity contribution in [3.63, 3.8) is 0 Å². The number of carbonyl (C=O) groups is 2. The average molecular weight is 395 g/mol. The van der Waals surface area contributed by atoms with Gasteiger partial charge in [0.15, 0.2) is 0 Å². The topological polar surface area (TPSA) is 52.6 Å². The van der Waals surface area contributed by atoms with E-state index in [9.17, 15) is 9.59 Å². The maximum Gasteiger partial charge on any atom is 0.338 e. The largest absolute Gasteiger partial charge is 0.462 e. The number of ether oxygens (including phenoxy) is 2. The SMILES string of the molecule is C=C(C(=C)C(=O)OCCCCCCCCCC)C(=O)OCCCCCCCC. The van der Waals surface area contributed by atoms with Crippen molar-refractivity contribution in [2.45, 2.75) is 104 Å². The molecule has 0 spiro atoms. The van der Waals surface area contributed by atoms with Gasteiger partial charge in [0.25, 0.3) is 0 Å². The second kappa shape index (κ2) is 18.8. The van der Waals surface area contributed by atoms with E-state index in [0.29, 0.717) is 13.2 Å². The molecule has 0 heterocycles. The molecule has 0 aliphatic rings. The van der Waals surface area contributed by atoms with Gasteiger partial charge in [0.2, 0.25) is 0 Å². The van der Waals surface area contributed by atoms with Crippen molar-refractivity contribution in [2.24, 2.45) is 0 Å². The fourth-order valence-electron chi connectivity index (χ4n) is 2.87. The molecule has 4 nitrogen and oxygen atoms in total.